The highest BCUT2D eigenvalue weighted by molar-refractivity contribution is 6.34. The quantitative estimate of drug-likeness (QED) is 0.115. The Bertz CT molecular complexity index is 2880. The number of fused-ring (bicyclic) bond motifs is 2. The van der Waals surface area contributed by atoms with Gasteiger partial charge in [-0.05, 0) is 80.3 Å². The number of ether oxygens (including phenoxy) is 2. The highest BCUT2D eigenvalue weighted by atomic mass is 35.5. The van der Waals surface area contributed by atoms with Crippen molar-refractivity contribution in [3.05, 3.63) is 100 Å². The summed E-state index contributed by atoms with van der Waals surface area (Å²) >= 11 is 6.70. The zero-order valence-electron chi connectivity index (χ0n) is 40.3. The number of aromatic nitrogens is 2. The van der Waals surface area contributed by atoms with Gasteiger partial charge in [0.1, 0.15) is 11.6 Å². The minimum Gasteiger partial charge on any atom is -0.494 e. The van der Waals surface area contributed by atoms with Gasteiger partial charge in [-0.2, -0.15) is 0 Å². The number of nitrogens with zero attached hydrogens (tertiary/aromatic N) is 6. The third kappa shape index (κ3) is 9.05. The molecule has 4 N–H and O–H groups in total. The molecule has 0 bridgehead atoms. The molecule has 18 heteroatoms. The first-order valence-electron chi connectivity index (χ1n) is 24.7. The lowest BCUT2D eigenvalue weighted by Crippen LogP contribution is -2.50. The van der Waals surface area contributed by atoms with Crippen molar-refractivity contribution in [2.75, 3.05) is 75.8 Å². The minimum atomic E-state index is -1.07. The fourth-order valence-electron chi connectivity index (χ4n) is 11.7. The van der Waals surface area contributed by atoms with Crippen LogP contribution in [0.1, 0.15) is 79.3 Å². The van der Waals surface area contributed by atoms with Crippen molar-refractivity contribution in [3.8, 4) is 22.6 Å². The van der Waals surface area contributed by atoms with E-state index < -0.39 is 35.1 Å². The number of piperazine rings is 1. The second kappa shape index (κ2) is 19.7. The van der Waals surface area contributed by atoms with Crippen LogP contribution in [0.4, 0.5) is 25.2 Å². The van der Waals surface area contributed by atoms with Crippen LogP contribution < -0.4 is 35.6 Å². The van der Waals surface area contributed by atoms with Gasteiger partial charge in [-0.25, -0.2) is 18.6 Å². The number of imide groups is 1. The van der Waals surface area contributed by atoms with Gasteiger partial charge in [0.2, 0.25) is 23.7 Å². The lowest BCUT2D eigenvalue weighted by molar-refractivity contribution is -0.138. The van der Waals surface area contributed by atoms with Crippen molar-refractivity contribution >= 4 is 58.0 Å². The van der Waals surface area contributed by atoms with Gasteiger partial charge in [-0.1, -0.05) is 48.9 Å². The Morgan fingerprint density at radius 2 is 1.66 bits per heavy atom. The Hall–Kier alpha value is -6.30. The monoisotopic (exact) mass is 991 g/mol. The summed E-state index contributed by atoms with van der Waals surface area (Å²) in [4.78, 5) is 64.3. The molecular weight excluding hydrogens is 932 g/mol. The number of hydrogen-bond donors (Lipinski definition) is 3. The Labute approximate surface area is 416 Å². The predicted octanol–water partition coefficient (Wildman–Crippen LogP) is 7.33. The first-order valence-corrected chi connectivity index (χ1v) is 25.1. The number of carbonyl (C=O) groups excluding carboxylic acids is 4. The summed E-state index contributed by atoms with van der Waals surface area (Å²) in [6.07, 6.45) is 5.33. The summed E-state index contributed by atoms with van der Waals surface area (Å²) in [6.45, 7) is 8.69. The molecule has 4 aliphatic heterocycles. The fourth-order valence-corrected chi connectivity index (χ4v) is 12.0. The molecule has 2 atom stereocenters. The maximum absolute atomic E-state index is 16.2. The van der Waals surface area contributed by atoms with Gasteiger partial charge in [0.25, 0.3) is 0 Å². The predicted molar refractivity (Wildman–Crippen MR) is 267 cm³/mol. The van der Waals surface area contributed by atoms with Gasteiger partial charge in [0.15, 0.2) is 17.2 Å². The number of halogens is 3. The first kappa shape index (κ1) is 48.3. The van der Waals surface area contributed by atoms with Crippen LogP contribution in [0.5, 0.6) is 11.5 Å². The summed E-state index contributed by atoms with van der Waals surface area (Å²) in [6, 6.07) is 19.0. The number of nitrogens with two attached hydrogens (primary N) is 1. The second-order valence-electron chi connectivity index (χ2n) is 19.8. The Kier molecular flexibility index (Phi) is 13.4. The van der Waals surface area contributed by atoms with E-state index in [4.69, 9.17) is 31.8 Å². The average molecular weight is 993 g/mol. The van der Waals surface area contributed by atoms with E-state index in [0.717, 1.165) is 113 Å². The number of aryl methyl sites for hydroxylation is 1. The number of imidazole rings is 1. The summed E-state index contributed by atoms with van der Waals surface area (Å²) < 4.78 is 46.2. The number of amides is 5. The number of likely N-dealkylation sites (tertiary alicyclic amines) is 1. The number of anilines is 2. The van der Waals surface area contributed by atoms with Crippen LogP contribution in [0.25, 0.3) is 22.2 Å². The molecule has 4 aromatic carbocycles. The molecule has 1 aliphatic carbocycles. The molecule has 0 spiro atoms. The minimum absolute atomic E-state index is 0.000745. The van der Waals surface area contributed by atoms with E-state index in [-0.39, 0.29) is 63.4 Å². The van der Waals surface area contributed by atoms with Crippen LogP contribution >= 0.6 is 11.6 Å². The zero-order chi connectivity index (χ0) is 49.7. The molecule has 5 aliphatic rings. The van der Waals surface area contributed by atoms with E-state index in [9.17, 15) is 19.2 Å². The first-order chi connectivity index (χ1) is 34.2. The Balaban J connectivity index is 0.727. The molecule has 374 valence electrons. The SMILES string of the molecule is COc1ccc(C(N)=O)c(-c2c(Cl)c(F)cc3c2C(C)C(CNC2CCC(C(=O)N4CCC(CN5CCN(c6nc7cc(N8CCC(=O)NC8=O)ccc7n6C)CC5)CC4)CC2)(c2ccccc2)O3)c1F. The van der Waals surface area contributed by atoms with Crippen LogP contribution in [-0.4, -0.2) is 115 Å². The second-order valence-corrected chi connectivity index (χ2v) is 20.2. The van der Waals surface area contributed by atoms with Gasteiger partial charge in [-0.15, -0.1) is 0 Å². The van der Waals surface area contributed by atoms with Crippen molar-refractivity contribution in [1.29, 1.82) is 0 Å². The van der Waals surface area contributed by atoms with Gasteiger partial charge in [0.05, 0.1) is 28.7 Å². The number of carbonyl (C=O) groups is 4. The maximum Gasteiger partial charge on any atom is 0.328 e. The molecule has 4 fully saturated rings. The van der Waals surface area contributed by atoms with Crippen LogP contribution in [0.3, 0.4) is 0 Å². The van der Waals surface area contributed by atoms with Crippen molar-refractivity contribution in [2.24, 2.45) is 24.6 Å². The summed E-state index contributed by atoms with van der Waals surface area (Å²) in [7, 11) is 3.32. The van der Waals surface area contributed by atoms with Gasteiger partial charge < -0.3 is 34.9 Å². The molecule has 3 saturated heterocycles. The molecule has 1 saturated carbocycles. The smallest absolute Gasteiger partial charge is 0.328 e. The molecule has 1 aromatic heterocycles. The van der Waals surface area contributed by atoms with Crippen LogP contribution in [0.15, 0.2) is 66.7 Å². The van der Waals surface area contributed by atoms with E-state index >= 15 is 8.78 Å². The largest absolute Gasteiger partial charge is 0.494 e. The van der Waals surface area contributed by atoms with E-state index in [2.05, 4.69) is 29.9 Å². The summed E-state index contributed by atoms with van der Waals surface area (Å²) in [5, 5.41) is 5.79. The molecule has 10 rings (SSSR count). The number of urea groups is 1. The molecular formula is C53H60ClF2N9O6. The number of methoxy groups -OCH3 is 1. The number of rotatable bonds is 12. The van der Waals surface area contributed by atoms with E-state index in [1.165, 1.54) is 25.3 Å². The lowest BCUT2D eigenvalue weighted by Gasteiger charge is -2.40. The topological polar surface area (TPSA) is 168 Å². The molecule has 15 nitrogen and oxygen atoms in total. The van der Waals surface area contributed by atoms with Gasteiger partial charge in [-0.3, -0.25) is 29.5 Å². The summed E-state index contributed by atoms with van der Waals surface area (Å²) in [5.74, 6) is -1.71. The molecule has 2 unspecified atom stereocenters. The molecule has 5 aromatic rings. The zero-order valence-corrected chi connectivity index (χ0v) is 41.1. The van der Waals surface area contributed by atoms with Crippen molar-refractivity contribution < 1.29 is 37.4 Å². The molecule has 0 radical (unpaired) electrons. The number of nitrogens with one attached hydrogen (secondary N) is 2. The standard InChI is InChI=1S/C53H60ClF2N9O6/c1-31-44-42(28-38(55)47(54)46(44)45-37(49(57)67)14-16-41(70-3)48(45)56)71-53(31,34-7-5-4-6-8-34)30-58-35-11-9-33(10-12-35)50(68)63-20-17-32(18-21-63)29-62-23-25-64(26-24-62)51-59-39-27-36(13-15-40(39)61(51)2)65-22-19-43(66)60-52(65)69/h4-8,13-16,27-28,31-33,35,58H,9-12,17-26,29-30H2,1-3H3,(H2,57,67)(H,60,66,69). The fraction of sp³-hybridized carbons (Fsp3) is 0.453. The highest BCUT2D eigenvalue weighted by Gasteiger charge is 2.50. The highest BCUT2D eigenvalue weighted by Crippen LogP contribution is 2.56. The normalized spacial score (nSPS) is 23.2. The van der Waals surface area contributed by atoms with Crippen molar-refractivity contribution in [3.63, 3.8) is 0 Å². The third-order valence-electron chi connectivity index (χ3n) is 15.8. The number of hydrogen-bond acceptors (Lipinski definition) is 10. The van der Waals surface area contributed by atoms with Crippen LogP contribution in [-0.2, 0) is 22.2 Å². The van der Waals surface area contributed by atoms with Gasteiger partial charge in [0, 0.05) is 119 Å². The summed E-state index contributed by atoms with van der Waals surface area (Å²) in [5.41, 5.74) is 8.06. The van der Waals surface area contributed by atoms with Crippen LogP contribution in [0, 0.1) is 23.5 Å². The Morgan fingerprint density at radius 3 is 2.35 bits per heavy atom. The van der Waals surface area contributed by atoms with Crippen molar-refractivity contribution in [1.82, 2.24) is 30.0 Å². The van der Waals surface area contributed by atoms with Crippen molar-refractivity contribution in [2.45, 2.75) is 69.4 Å². The Morgan fingerprint density at radius 1 is 0.930 bits per heavy atom. The third-order valence-corrected chi connectivity index (χ3v) is 16.2. The lowest BCUT2D eigenvalue weighted by atomic mass is 9.77. The maximum atomic E-state index is 16.2. The average Bonchev–Trinajstić information content (AvgIpc) is 3.86. The van der Waals surface area contributed by atoms with Crippen LogP contribution in [0.2, 0.25) is 5.02 Å². The van der Waals surface area contributed by atoms with E-state index in [0.29, 0.717) is 24.6 Å². The van der Waals surface area contributed by atoms with Gasteiger partial charge >= 0.3 is 6.03 Å². The van der Waals surface area contributed by atoms with E-state index in [1.807, 2.05) is 62.5 Å². The molecule has 5 amide bonds. The van der Waals surface area contributed by atoms with E-state index in [1.54, 1.807) is 4.90 Å². The number of benzene rings is 4. The molecule has 5 heterocycles. The number of primary amides is 1. The molecule has 71 heavy (non-hydrogen) atoms. The number of piperidine rings is 1.